The molecule has 0 spiro atoms. The lowest BCUT2D eigenvalue weighted by Crippen LogP contribution is -2.13. The second kappa shape index (κ2) is 6.28. The van der Waals surface area contributed by atoms with Crippen LogP contribution in [-0.2, 0) is 6.61 Å². The first-order chi connectivity index (χ1) is 9.49. The average molecular weight is 358 g/mol. The van der Waals surface area contributed by atoms with Gasteiger partial charge in [0.2, 0.25) is 0 Å². The van der Waals surface area contributed by atoms with Crippen molar-refractivity contribution in [3.05, 3.63) is 63.6 Å². The molecule has 2 aromatic rings. The molecule has 0 aliphatic rings. The molecule has 6 heteroatoms. The fourth-order valence-electron chi connectivity index (χ4n) is 1.63. The van der Waals surface area contributed by atoms with Crippen LogP contribution in [0.1, 0.15) is 11.1 Å². The van der Waals surface area contributed by atoms with Crippen LogP contribution in [-0.4, -0.2) is 4.99 Å². The fourth-order valence-corrected chi connectivity index (χ4v) is 2.25. The molecule has 0 atom stereocenters. The Kier molecular flexibility index (Phi) is 4.67. The van der Waals surface area contributed by atoms with Gasteiger partial charge in [-0.2, -0.15) is 0 Å². The Bertz CT molecular complexity index is 664. The number of ether oxygens (including phenoxy) is 1. The van der Waals surface area contributed by atoms with Crippen LogP contribution in [0.25, 0.3) is 0 Å². The maximum Gasteiger partial charge on any atom is 0.139 e. The quantitative estimate of drug-likeness (QED) is 0.841. The van der Waals surface area contributed by atoms with Crippen LogP contribution in [0, 0.1) is 11.6 Å². The summed E-state index contributed by atoms with van der Waals surface area (Å²) >= 11 is 7.95. The van der Waals surface area contributed by atoms with Crippen LogP contribution in [0.3, 0.4) is 0 Å². The molecule has 104 valence electrons. The standard InChI is InChI=1S/C14H10BrF2NOS/c15-11-6-9(16)4-5-12(11)19-7-8-2-1-3-10(13(8)17)14(18)20/h1-6H,7H2,(H2,18,20). The molecule has 2 rings (SSSR count). The van der Waals surface area contributed by atoms with Crippen molar-refractivity contribution in [1.29, 1.82) is 0 Å². The lowest BCUT2D eigenvalue weighted by atomic mass is 10.1. The van der Waals surface area contributed by atoms with Crippen LogP contribution >= 0.6 is 28.1 Å². The predicted octanol–water partition coefficient (Wildman–Crippen LogP) is 3.94. The number of hydrogen-bond acceptors (Lipinski definition) is 2. The van der Waals surface area contributed by atoms with E-state index in [-0.39, 0.29) is 23.0 Å². The first-order valence-electron chi connectivity index (χ1n) is 5.64. The summed E-state index contributed by atoms with van der Waals surface area (Å²) in [5.74, 6) is -0.462. The van der Waals surface area contributed by atoms with Crippen LogP contribution in [0.15, 0.2) is 40.9 Å². The summed E-state index contributed by atoms with van der Waals surface area (Å²) < 4.78 is 32.9. The summed E-state index contributed by atoms with van der Waals surface area (Å²) in [6, 6.07) is 8.74. The normalized spacial score (nSPS) is 10.3. The molecule has 0 saturated carbocycles. The monoisotopic (exact) mass is 357 g/mol. The maximum atomic E-state index is 14.1. The van der Waals surface area contributed by atoms with Crippen molar-refractivity contribution in [2.75, 3.05) is 0 Å². The zero-order valence-electron chi connectivity index (χ0n) is 10.2. The Morgan fingerprint density at radius 3 is 2.65 bits per heavy atom. The van der Waals surface area contributed by atoms with E-state index in [2.05, 4.69) is 15.9 Å². The third kappa shape index (κ3) is 3.32. The second-order valence-corrected chi connectivity index (χ2v) is 5.30. The van der Waals surface area contributed by atoms with E-state index < -0.39 is 5.82 Å². The summed E-state index contributed by atoms with van der Waals surface area (Å²) in [6.45, 7) is -0.00742. The van der Waals surface area contributed by atoms with E-state index in [1.54, 1.807) is 12.1 Å². The zero-order chi connectivity index (χ0) is 14.7. The van der Waals surface area contributed by atoms with Gasteiger partial charge in [-0.15, -0.1) is 0 Å². The molecule has 0 radical (unpaired) electrons. The van der Waals surface area contributed by atoms with Gasteiger partial charge in [0.25, 0.3) is 0 Å². The molecule has 0 amide bonds. The predicted molar refractivity (Wildman–Crippen MR) is 80.7 cm³/mol. The third-order valence-corrected chi connectivity index (χ3v) is 3.46. The minimum atomic E-state index is -0.502. The highest BCUT2D eigenvalue weighted by atomic mass is 79.9. The van der Waals surface area contributed by atoms with E-state index in [1.807, 2.05) is 0 Å². The molecule has 20 heavy (non-hydrogen) atoms. The Labute approximate surface area is 128 Å². The lowest BCUT2D eigenvalue weighted by molar-refractivity contribution is 0.297. The van der Waals surface area contributed by atoms with Crippen molar-refractivity contribution in [3.8, 4) is 5.75 Å². The van der Waals surface area contributed by atoms with Crippen LogP contribution in [0.2, 0.25) is 0 Å². The molecular weight excluding hydrogens is 348 g/mol. The Hall–Kier alpha value is -1.53. The summed E-state index contributed by atoms with van der Waals surface area (Å²) in [5, 5.41) is 0. The summed E-state index contributed by atoms with van der Waals surface area (Å²) in [6.07, 6.45) is 0. The largest absolute Gasteiger partial charge is 0.488 e. The van der Waals surface area contributed by atoms with Gasteiger partial charge in [0.1, 0.15) is 29.0 Å². The van der Waals surface area contributed by atoms with E-state index in [0.717, 1.165) is 0 Å². The minimum Gasteiger partial charge on any atom is -0.488 e. The number of hydrogen-bond donors (Lipinski definition) is 1. The van der Waals surface area contributed by atoms with Crippen molar-refractivity contribution in [2.45, 2.75) is 6.61 Å². The Morgan fingerprint density at radius 2 is 2.00 bits per heavy atom. The molecule has 0 aromatic heterocycles. The molecule has 0 fully saturated rings. The third-order valence-electron chi connectivity index (χ3n) is 2.62. The SMILES string of the molecule is NC(=S)c1cccc(COc2ccc(F)cc2Br)c1F. The average Bonchev–Trinajstić information content (AvgIpc) is 2.39. The van der Waals surface area contributed by atoms with Gasteiger partial charge >= 0.3 is 0 Å². The van der Waals surface area contributed by atoms with Crippen molar-refractivity contribution in [1.82, 2.24) is 0 Å². The van der Waals surface area contributed by atoms with Gasteiger partial charge in [-0.25, -0.2) is 8.78 Å². The second-order valence-electron chi connectivity index (χ2n) is 4.01. The molecule has 2 aromatic carbocycles. The van der Waals surface area contributed by atoms with Gasteiger partial charge in [-0.1, -0.05) is 24.4 Å². The summed E-state index contributed by atoms with van der Waals surface area (Å²) in [7, 11) is 0. The van der Waals surface area contributed by atoms with E-state index >= 15 is 0 Å². The number of halogens is 3. The van der Waals surface area contributed by atoms with Crippen LogP contribution < -0.4 is 10.5 Å². The maximum absolute atomic E-state index is 14.1. The van der Waals surface area contributed by atoms with Crippen LogP contribution in [0.5, 0.6) is 5.75 Å². The minimum absolute atomic E-state index is 0.00712. The first kappa shape index (κ1) is 14.9. The van der Waals surface area contributed by atoms with E-state index in [9.17, 15) is 8.78 Å². The highest BCUT2D eigenvalue weighted by molar-refractivity contribution is 9.10. The van der Waals surface area contributed by atoms with E-state index in [0.29, 0.717) is 15.8 Å². The van der Waals surface area contributed by atoms with Gasteiger partial charge < -0.3 is 10.5 Å². The van der Waals surface area contributed by atoms with Gasteiger partial charge in [0, 0.05) is 11.1 Å². The molecule has 0 unspecified atom stereocenters. The molecule has 0 heterocycles. The number of benzene rings is 2. The molecule has 0 aliphatic carbocycles. The van der Waals surface area contributed by atoms with E-state index in [1.165, 1.54) is 24.3 Å². The topological polar surface area (TPSA) is 35.2 Å². The zero-order valence-corrected chi connectivity index (χ0v) is 12.6. The Balaban J connectivity index is 2.19. The van der Waals surface area contributed by atoms with Crippen molar-refractivity contribution < 1.29 is 13.5 Å². The smallest absolute Gasteiger partial charge is 0.139 e. The number of nitrogens with two attached hydrogens (primary N) is 1. The fraction of sp³-hybridized carbons (Fsp3) is 0.0714. The first-order valence-corrected chi connectivity index (χ1v) is 6.84. The van der Waals surface area contributed by atoms with Gasteiger partial charge in [-0.05, 0) is 40.2 Å². The lowest BCUT2D eigenvalue weighted by Gasteiger charge is -2.10. The van der Waals surface area contributed by atoms with Gasteiger partial charge in [0.15, 0.2) is 0 Å². The molecule has 2 N–H and O–H groups in total. The number of rotatable bonds is 4. The van der Waals surface area contributed by atoms with Crippen molar-refractivity contribution in [2.24, 2.45) is 5.73 Å². The van der Waals surface area contributed by atoms with E-state index in [4.69, 9.17) is 22.7 Å². The molecule has 2 nitrogen and oxygen atoms in total. The number of thiocarbonyl (C=S) groups is 1. The van der Waals surface area contributed by atoms with Gasteiger partial charge in [-0.3, -0.25) is 0 Å². The molecule has 0 aliphatic heterocycles. The highest BCUT2D eigenvalue weighted by Gasteiger charge is 2.11. The highest BCUT2D eigenvalue weighted by Crippen LogP contribution is 2.26. The molecule has 0 bridgehead atoms. The summed E-state index contributed by atoms with van der Waals surface area (Å²) in [4.78, 5) is -0.00712. The Morgan fingerprint density at radius 1 is 1.25 bits per heavy atom. The molecule has 0 saturated heterocycles. The van der Waals surface area contributed by atoms with Crippen molar-refractivity contribution >= 4 is 33.1 Å². The van der Waals surface area contributed by atoms with Crippen LogP contribution in [0.4, 0.5) is 8.78 Å². The summed E-state index contributed by atoms with van der Waals surface area (Å²) in [5.41, 5.74) is 5.94. The van der Waals surface area contributed by atoms with Gasteiger partial charge in [0.05, 0.1) is 4.47 Å². The van der Waals surface area contributed by atoms with Crippen molar-refractivity contribution in [3.63, 3.8) is 0 Å². The molecular formula is C14H10BrF2NOS.